The third-order valence-corrected chi connectivity index (χ3v) is 2.23. The summed E-state index contributed by atoms with van der Waals surface area (Å²) in [6, 6.07) is 1.74. The van der Waals surface area contributed by atoms with Crippen molar-refractivity contribution in [2.75, 3.05) is 14.2 Å². The second kappa shape index (κ2) is 6.39. The Morgan fingerprint density at radius 1 is 1.44 bits per heavy atom. The van der Waals surface area contributed by atoms with Crippen LogP contribution in [-0.2, 0) is 9.53 Å². The van der Waals surface area contributed by atoms with E-state index >= 15 is 0 Å². The molecule has 96 valence electrons. The molecule has 0 saturated heterocycles. The molecule has 0 aliphatic carbocycles. The van der Waals surface area contributed by atoms with Gasteiger partial charge < -0.3 is 14.5 Å². The van der Waals surface area contributed by atoms with Gasteiger partial charge >= 0.3 is 0 Å². The third-order valence-electron chi connectivity index (χ3n) is 2.23. The van der Waals surface area contributed by atoms with E-state index in [9.17, 15) is 4.79 Å². The highest BCUT2D eigenvalue weighted by atomic mass is 16.5. The van der Waals surface area contributed by atoms with Crippen molar-refractivity contribution in [1.82, 2.24) is 9.97 Å². The lowest BCUT2D eigenvalue weighted by Gasteiger charge is -2.01. The average molecular weight is 250 g/mol. The van der Waals surface area contributed by atoms with E-state index in [-0.39, 0.29) is 5.78 Å². The number of rotatable bonds is 3. The van der Waals surface area contributed by atoms with E-state index in [0.29, 0.717) is 23.4 Å². The zero-order valence-electron chi connectivity index (χ0n) is 10.4. The summed E-state index contributed by atoms with van der Waals surface area (Å²) in [4.78, 5) is 27.3. The Morgan fingerprint density at radius 2 is 2.11 bits per heavy atom. The maximum atomic E-state index is 11.3. The van der Waals surface area contributed by atoms with Crippen LogP contribution >= 0.6 is 0 Å². The predicted octanol–water partition coefficient (Wildman–Crippen LogP) is 1.56. The highest BCUT2D eigenvalue weighted by molar-refractivity contribution is 6.08. The quantitative estimate of drug-likeness (QED) is 0.660. The Labute approximate surface area is 104 Å². The molecular weight excluding hydrogens is 236 g/mol. The van der Waals surface area contributed by atoms with E-state index in [0.717, 1.165) is 5.39 Å². The first-order chi connectivity index (χ1) is 8.65. The first-order valence-electron chi connectivity index (χ1n) is 5.13. The Hall–Kier alpha value is -2.37. The van der Waals surface area contributed by atoms with Crippen molar-refractivity contribution in [2.45, 2.75) is 6.92 Å². The number of nitrogens with one attached hydrogen (secondary N) is 1. The number of aromatic amines is 1. The molecule has 2 rings (SSSR count). The average Bonchev–Trinajstić information content (AvgIpc) is 2.82. The summed E-state index contributed by atoms with van der Waals surface area (Å²) >= 11 is 0. The van der Waals surface area contributed by atoms with Crippen molar-refractivity contribution in [3.63, 3.8) is 0 Å². The van der Waals surface area contributed by atoms with Crippen LogP contribution in [0.1, 0.15) is 17.3 Å². The summed E-state index contributed by atoms with van der Waals surface area (Å²) in [6.07, 6.45) is 3.30. The summed E-state index contributed by atoms with van der Waals surface area (Å²) in [7, 11) is 2.89. The predicted molar refractivity (Wildman–Crippen MR) is 65.7 cm³/mol. The van der Waals surface area contributed by atoms with Crippen LogP contribution < -0.4 is 4.74 Å². The molecule has 2 aromatic rings. The fourth-order valence-electron chi connectivity index (χ4n) is 1.47. The summed E-state index contributed by atoms with van der Waals surface area (Å²) in [6.45, 7) is 1.90. The summed E-state index contributed by atoms with van der Waals surface area (Å²) in [5.74, 6) is 0.670. The van der Waals surface area contributed by atoms with Crippen molar-refractivity contribution < 1.29 is 19.1 Å². The minimum absolute atomic E-state index is 0.00236. The number of Topliss-reactive ketones (excluding diaryl/α,β-unsaturated/α-hetero) is 1. The molecule has 6 heteroatoms. The fraction of sp³-hybridized carbons (Fsp3) is 0.250. The molecule has 0 bridgehead atoms. The van der Waals surface area contributed by atoms with Crippen molar-refractivity contribution >= 4 is 23.3 Å². The van der Waals surface area contributed by atoms with Crippen molar-refractivity contribution in [3.8, 4) is 5.75 Å². The number of carbonyl (C=O) groups is 2. The number of ether oxygens (including phenoxy) is 2. The van der Waals surface area contributed by atoms with Crippen molar-refractivity contribution in [3.05, 3.63) is 24.0 Å². The minimum Gasteiger partial charge on any atom is -0.496 e. The molecule has 0 fully saturated rings. The lowest BCUT2D eigenvalue weighted by atomic mass is 10.1. The number of methoxy groups -OCH3 is 2. The number of fused-ring (bicyclic) bond motifs is 1. The van der Waals surface area contributed by atoms with Gasteiger partial charge in [0.1, 0.15) is 11.4 Å². The van der Waals surface area contributed by atoms with E-state index < -0.39 is 0 Å². The van der Waals surface area contributed by atoms with Crippen molar-refractivity contribution in [2.24, 2.45) is 0 Å². The maximum Gasteiger partial charge on any atom is 0.292 e. The van der Waals surface area contributed by atoms with Gasteiger partial charge in [-0.2, -0.15) is 0 Å². The van der Waals surface area contributed by atoms with Crippen LogP contribution in [0.4, 0.5) is 0 Å². The zero-order valence-corrected chi connectivity index (χ0v) is 10.4. The molecule has 18 heavy (non-hydrogen) atoms. The molecule has 0 saturated carbocycles. The molecule has 0 aliphatic heterocycles. The Morgan fingerprint density at radius 3 is 2.61 bits per heavy atom. The molecule has 2 heterocycles. The maximum absolute atomic E-state index is 11.3. The van der Waals surface area contributed by atoms with Gasteiger partial charge in [0.05, 0.1) is 19.6 Å². The van der Waals surface area contributed by atoms with Gasteiger partial charge in [-0.05, 0) is 13.0 Å². The van der Waals surface area contributed by atoms with Gasteiger partial charge in [-0.15, -0.1) is 0 Å². The topological polar surface area (TPSA) is 81.3 Å². The second-order valence-corrected chi connectivity index (χ2v) is 3.33. The Balaban J connectivity index is 0.000000357. The lowest BCUT2D eigenvalue weighted by molar-refractivity contribution is -0.126. The van der Waals surface area contributed by atoms with Crippen LogP contribution in [0.25, 0.3) is 11.0 Å². The number of hydrogen-bond donors (Lipinski definition) is 1. The summed E-state index contributed by atoms with van der Waals surface area (Å²) < 4.78 is 9.03. The van der Waals surface area contributed by atoms with Crippen LogP contribution in [-0.4, -0.2) is 36.4 Å². The van der Waals surface area contributed by atoms with Crippen LogP contribution in [0.15, 0.2) is 18.5 Å². The summed E-state index contributed by atoms with van der Waals surface area (Å²) in [5.41, 5.74) is 1.29. The normalized spacial score (nSPS) is 9.28. The smallest absolute Gasteiger partial charge is 0.292 e. The minimum atomic E-state index is 0.00236. The number of aromatic nitrogens is 2. The van der Waals surface area contributed by atoms with Gasteiger partial charge in [-0.25, -0.2) is 4.98 Å². The highest BCUT2D eigenvalue weighted by Gasteiger charge is 2.12. The van der Waals surface area contributed by atoms with Crippen LogP contribution in [0.3, 0.4) is 0 Å². The van der Waals surface area contributed by atoms with E-state index in [2.05, 4.69) is 14.7 Å². The Kier molecular flexibility index (Phi) is 4.86. The molecule has 6 nitrogen and oxygen atoms in total. The molecule has 0 radical (unpaired) electrons. The number of nitrogens with zero attached hydrogens (tertiary/aromatic N) is 1. The number of ketones is 1. The molecule has 0 atom stereocenters. The molecule has 1 N–H and O–H groups in total. The van der Waals surface area contributed by atoms with Gasteiger partial charge in [0.2, 0.25) is 0 Å². The fourth-order valence-corrected chi connectivity index (χ4v) is 1.47. The molecule has 0 amide bonds. The number of carbonyl (C=O) groups excluding carboxylic acids is 2. The SMILES string of the molecule is COC=O.COc1ccnc2[nH]cc(C(C)=O)c12. The van der Waals surface area contributed by atoms with E-state index in [1.165, 1.54) is 14.0 Å². The molecule has 0 unspecified atom stereocenters. The van der Waals surface area contributed by atoms with Crippen molar-refractivity contribution in [1.29, 1.82) is 0 Å². The number of pyridine rings is 1. The monoisotopic (exact) mass is 250 g/mol. The van der Waals surface area contributed by atoms with Gasteiger partial charge in [0, 0.05) is 18.0 Å². The molecule has 0 aliphatic rings. The molecule has 2 aromatic heterocycles. The van der Waals surface area contributed by atoms with Gasteiger partial charge in [0.15, 0.2) is 5.78 Å². The first kappa shape index (κ1) is 13.7. The number of H-pyrrole nitrogens is 1. The van der Waals surface area contributed by atoms with Gasteiger partial charge in [-0.1, -0.05) is 0 Å². The Bertz CT molecular complexity index is 548. The highest BCUT2D eigenvalue weighted by Crippen LogP contribution is 2.26. The standard InChI is InChI=1S/C10H10N2O2.C2H4O2/c1-6(13)7-5-12-10-9(7)8(14-2)3-4-11-10;1-4-2-3/h3-5H,1-2H3,(H,11,12);2H,1H3. The summed E-state index contributed by atoms with van der Waals surface area (Å²) in [5, 5.41) is 0.752. The van der Waals surface area contributed by atoms with Crippen LogP contribution in [0, 0.1) is 0 Å². The lowest BCUT2D eigenvalue weighted by Crippen LogP contribution is -1.92. The third kappa shape index (κ3) is 2.85. The zero-order chi connectivity index (χ0) is 13.5. The van der Waals surface area contributed by atoms with Crippen LogP contribution in [0.5, 0.6) is 5.75 Å². The molecule has 0 aromatic carbocycles. The van der Waals surface area contributed by atoms with Gasteiger partial charge in [-0.3, -0.25) is 9.59 Å². The molecule has 0 spiro atoms. The first-order valence-corrected chi connectivity index (χ1v) is 5.13. The largest absolute Gasteiger partial charge is 0.496 e. The number of hydrogen-bond acceptors (Lipinski definition) is 5. The van der Waals surface area contributed by atoms with Gasteiger partial charge in [0.25, 0.3) is 6.47 Å². The molecular formula is C12H14N2O4. The van der Waals surface area contributed by atoms with Crippen LogP contribution in [0.2, 0.25) is 0 Å². The second-order valence-electron chi connectivity index (χ2n) is 3.33. The van der Waals surface area contributed by atoms with E-state index in [1.54, 1.807) is 25.6 Å². The van der Waals surface area contributed by atoms with E-state index in [4.69, 9.17) is 9.53 Å². The van der Waals surface area contributed by atoms with E-state index in [1.807, 2.05) is 0 Å².